The molecule has 0 bridgehead atoms. The van der Waals surface area contributed by atoms with Crippen LogP contribution in [0.2, 0.25) is 0 Å². The number of anilines is 1. The fraction of sp³-hybridized carbons (Fsp3) is 0.286. The second kappa shape index (κ2) is 5.54. The van der Waals surface area contributed by atoms with Crippen LogP contribution in [0.4, 0.5) is 9.52 Å². The first-order chi connectivity index (χ1) is 9.27. The van der Waals surface area contributed by atoms with E-state index in [0.29, 0.717) is 10.0 Å². The van der Waals surface area contributed by atoms with Crippen molar-refractivity contribution in [2.45, 2.75) is 31.1 Å². The first-order valence-electron chi connectivity index (χ1n) is 6.03. The number of thiol groups is 1. The highest BCUT2D eigenvalue weighted by Crippen LogP contribution is 2.26. The van der Waals surface area contributed by atoms with Gasteiger partial charge in [-0.1, -0.05) is 20.8 Å². The zero-order chi connectivity index (χ0) is 14.9. The third-order valence-electron chi connectivity index (χ3n) is 2.69. The van der Waals surface area contributed by atoms with Gasteiger partial charge in [0.2, 0.25) is 0 Å². The number of amides is 1. The minimum atomic E-state index is -0.576. The fourth-order valence-electron chi connectivity index (χ4n) is 1.53. The SMILES string of the molecule is CC(C)(C)c1csc(NC(=O)c2cc(S)ccc2F)n1. The van der Waals surface area contributed by atoms with Gasteiger partial charge in [-0.3, -0.25) is 10.1 Å². The molecule has 2 rings (SSSR count). The van der Waals surface area contributed by atoms with Gasteiger partial charge in [-0.25, -0.2) is 9.37 Å². The highest BCUT2D eigenvalue weighted by atomic mass is 32.1. The highest BCUT2D eigenvalue weighted by molar-refractivity contribution is 7.80. The van der Waals surface area contributed by atoms with Crippen molar-refractivity contribution in [1.82, 2.24) is 4.98 Å². The van der Waals surface area contributed by atoms with E-state index >= 15 is 0 Å². The van der Waals surface area contributed by atoms with Gasteiger partial charge in [0.15, 0.2) is 5.13 Å². The van der Waals surface area contributed by atoms with Crippen LogP contribution in [0, 0.1) is 5.82 Å². The number of benzene rings is 1. The molecule has 3 nitrogen and oxygen atoms in total. The van der Waals surface area contributed by atoms with E-state index in [4.69, 9.17) is 0 Å². The molecule has 1 amide bonds. The minimum absolute atomic E-state index is 0.0370. The molecule has 0 fully saturated rings. The molecular formula is C14H15FN2OS2. The molecule has 0 saturated heterocycles. The van der Waals surface area contributed by atoms with Gasteiger partial charge < -0.3 is 0 Å². The summed E-state index contributed by atoms with van der Waals surface area (Å²) in [6.07, 6.45) is 0. The lowest BCUT2D eigenvalue weighted by molar-refractivity contribution is 0.102. The lowest BCUT2D eigenvalue weighted by atomic mass is 9.93. The van der Waals surface area contributed by atoms with Gasteiger partial charge in [0, 0.05) is 15.7 Å². The predicted molar refractivity (Wildman–Crippen MR) is 82.4 cm³/mol. The Morgan fingerprint density at radius 2 is 2.10 bits per heavy atom. The molecule has 6 heteroatoms. The maximum absolute atomic E-state index is 13.6. The molecule has 0 aliphatic rings. The molecule has 0 spiro atoms. The van der Waals surface area contributed by atoms with E-state index in [1.54, 1.807) is 0 Å². The van der Waals surface area contributed by atoms with Gasteiger partial charge in [-0.05, 0) is 18.2 Å². The average molecular weight is 310 g/mol. The van der Waals surface area contributed by atoms with E-state index in [1.165, 1.54) is 29.5 Å². The van der Waals surface area contributed by atoms with Crippen molar-refractivity contribution in [3.05, 3.63) is 40.7 Å². The van der Waals surface area contributed by atoms with E-state index in [-0.39, 0.29) is 11.0 Å². The molecular weight excluding hydrogens is 295 g/mol. The zero-order valence-corrected chi connectivity index (χ0v) is 13.1. The summed E-state index contributed by atoms with van der Waals surface area (Å²) < 4.78 is 13.6. The van der Waals surface area contributed by atoms with Gasteiger partial charge in [-0.2, -0.15) is 0 Å². The van der Waals surface area contributed by atoms with Crippen LogP contribution in [0.15, 0.2) is 28.5 Å². The van der Waals surface area contributed by atoms with Gasteiger partial charge >= 0.3 is 0 Å². The van der Waals surface area contributed by atoms with E-state index in [0.717, 1.165) is 5.69 Å². The summed E-state index contributed by atoms with van der Waals surface area (Å²) in [6.45, 7) is 6.12. The number of carbonyl (C=O) groups is 1. The summed E-state index contributed by atoms with van der Waals surface area (Å²) in [5.41, 5.74) is 0.765. The first-order valence-corrected chi connectivity index (χ1v) is 7.36. The summed E-state index contributed by atoms with van der Waals surface area (Å²) in [5, 5.41) is 4.97. The Hall–Kier alpha value is -1.40. The van der Waals surface area contributed by atoms with Crippen LogP contribution in [0.3, 0.4) is 0 Å². The lowest BCUT2D eigenvalue weighted by Gasteiger charge is -2.14. The molecule has 1 aromatic carbocycles. The van der Waals surface area contributed by atoms with Crippen molar-refractivity contribution < 1.29 is 9.18 Å². The Morgan fingerprint density at radius 1 is 1.40 bits per heavy atom. The summed E-state index contributed by atoms with van der Waals surface area (Å²) in [5.74, 6) is -1.10. The number of aromatic nitrogens is 1. The molecule has 0 saturated carbocycles. The largest absolute Gasteiger partial charge is 0.298 e. The van der Waals surface area contributed by atoms with Crippen LogP contribution in [-0.2, 0) is 5.41 Å². The van der Waals surface area contributed by atoms with Crippen LogP contribution in [0.25, 0.3) is 0 Å². The Kier molecular flexibility index (Phi) is 4.15. The molecule has 106 valence electrons. The lowest BCUT2D eigenvalue weighted by Crippen LogP contribution is -2.15. The molecule has 0 aliphatic heterocycles. The second-order valence-electron chi connectivity index (χ2n) is 5.41. The third kappa shape index (κ3) is 3.37. The summed E-state index contributed by atoms with van der Waals surface area (Å²) in [7, 11) is 0. The molecule has 2 aromatic rings. The molecule has 0 unspecified atom stereocenters. The summed E-state index contributed by atoms with van der Waals surface area (Å²) >= 11 is 5.43. The minimum Gasteiger partial charge on any atom is -0.298 e. The maximum Gasteiger partial charge on any atom is 0.260 e. The van der Waals surface area contributed by atoms with E-state index in [9.17, 15) is 9.18 Å². The number of nitrogens with zero attached hydrogens (tertiary/aromatic N) is 1. The van der Waals surface area contributed by atoms with Crippen molar-refractivity contribution in [3.63, 3.8) is 0 Å². The molecule has 0 radical (unpaired) electrons. The number of hydrogen-bond donors (Lipinski definition) is 2. The Morgan fingerprint density at radius 3 is 2.70 bits per heavy atom. The quantitative estimate of drug-likeness (QED) is 0.819. The van der Waals surface area contributed by atoms with Gasteiger partial charge in [0.05, 0.1) is 11.3 Å². The normalized spacial score (nSPS) is 11.4. The van der Waals surface area contributed by atoms with Gasteiger partial charge in [-0.15, -0.1) is 24.0 Å². The smallest absolute Gasteiger partial charge is 0.260 e. The van der Waals surface area contributed by atoms with Crippen molar-refractivity contribution in [2.24, 2.45) is 0 Å². The molecule has 1 heterocycles. The first kappa shape index (κ1) is 15.0. The van der Waals surface area contributed by atoms with Crippen molar-refractivity contribution >= 4 is 35.0 Å². The standard InChI is InChI=1S/C14H15FN2OS2/c1-14(2,3)11-7-20-13(16-11)17-12(18)9-6-8(19)4-5-10(9)15/h4-7,19H,1-3H3,(H,16,17,18). The van der Waals surface area contributed by atoms with E-state index in [1.807, 2.05) is 26.2 Å². The zero-order valence-electron chi connectivity index (χ0n) is 11.4. The average Bonchev–Trinajstić information content (AvgIpc) is 2.80. The van der Waals surface area contributed by atoms with Crippen LogP contribution >= 0.6 is 24.0 Å². The number of nitrogens with one attached hydrogen (secondary N) is 1. The maximum atomic E-state index is 13.6. The van der Waals surface area contributed by atoms with Gasteiger partial charge in [0.1, 0.15) is 5.82 Å². The number of rotatable bonds is 2. The second-order valence-corrected chi connectivity index (χ2v) is 6.78. The summed E-state index contributed by atoms with van der Waals surface area (Å²) in [6, 6.07) is 4.11. The Labute approximate surface area is 126 Å². The monoisotopic (exact) mass is 310 g/mol. The van der Waals surface area contributed by atoms with Crippen LogP contribution in [-0.4, -0.2) is 10.9 Å². The highest BCUT2D eigenvalue weighted by Gasteiger charge is 2.19. The van der Waals surface area contributed by atoms with Crippen molar-refractivity contribution in [1.29, 1.82) is 0 Å². The molecule has 1 aromatic heterocycles. The van der Waals surface area contributed by atoms with Crippen molar-refractivity contribution in [2.75, 3.05) is 5.32 Å². The van der Waals surface area contributed by atoms with Crippen LogP contribution < -0.4 is 5.32 Å². The fourth-order valence-corrected chi connectivity index (χ4v) is 2.66. The van der Waals surface area contributed by atoms with Crippen LogP contribution in [0.5, 0.6) is 0 Å². The third-order valence-corrected chi connectivity index (χ3v) is 3.72. The predicted octanol–water partition coefficient (Wildman–Crippen LogP) is 4.12. The molecule has 0 aliphatic carbocycles. The Balaban J connectivity index is 2.20. The Bertz CT molecular complexity index is 647. The molecule has 0 atom stereocenters. The topological polar surface area (TPSA) is 42.0 Å². The van der Waals surface area contributed by atoms with E-state index in [2.05, 4.69) is 22.9 Å². The number of thiazole rings is 1. The number of hydrogen-bond acceptors (Lipinski definition) is 4. The molecule has 1 N–H and O–H groups in total. The number of carbonyl (C=O) groups excluding carboxylic acids is 1. The number of halogens is 1. The van der Waals surface area contributed by atoms with Crippen LogP contribution in [0.1, 0.15) is 36.8 Å². The summed E-state index contributed by atoms with van der Waals surface area (Å²) in [4.78, 5) is 16.9. The van der Waals surface area contributed by atoms with Gasteiger partial charge in [0.25, 0.3) is 5.91 Å². The molecule has 20 heavy (non-hydrogen) atoms. The van der Waals surface area contributed by atoms with E-state index < -0.39 is 11.7 Å². The van der Waals surface area contributed by atoms with Crippen molar-refractivity contribution in [3.8, 4) is 0 Å².